The number of guanidine groups is 1. The van der Waals surface area contributed by atoms with Crippen molar-refractivity contribution in [1.29, 1.82) is 0 Å². The third-order valence-electron chi connectivity index (χ3n) is 3.18. The highest BCUT2D eigenvalue weighted by Gasteiger charge is 2.14. The molecule has 0 atom stereocenters. The third-order valence-corrected chi connectivity index (χ3v) is 3.18. The molecular formula is C13H22N4O. The van der Waals surface area contributed by atoms with Crippen LogP contribution < -0.4 is 10.6 Å². The fraction of sp³-hybridized carbons (Fsp3) is 0.692. The minimum Gasteiger partial charge on any atom is -0.364 e. The second-order valence-corrected chi connectivity index (χ2v) is 4.67. The van der Waals surface area contributed by atoms with Crippen molar-refractivity contribution in [3.63, 3.8) is 0 Å². The smallest absolute Gasteiger partial charge is 0.191 e. The van der Waals surface area contributed by atoms with Gasteiger partial charge in [0.05, 0.1) is 6.54 Å². The van der Waals surface area contributed by atoms with Gasteiger partial charge in [-0.15, -0.1) is 0 Å². The molecule has 1 aliphatic carbocycles. The second kappa shape index (κ2) is 7.03. The summed E-state index contributed by atoms with van der Waals surface area (Å²) in [6.45, 7) is 3.50. The normalized spacial score (nSPS) is 17.7. The van der Waals surface area contributed by atoms with E-state index in [0.29, 0.717) is 12.6 Å². The van der Waals surface area contributed by atoms with Crippen LogP contribution in [0, 0.1) is 0 Å². The molecule has 0 amide bonds. The molecule has 0 radical (unpaired) electrons. The fourth-order valence-electron chi connectivity index (χ4n) is 2.24. The Labute approximate surface area is 108 Å². The average Bonchev–Trinajstić information content (AvgIpc) is 2.91. The van der Waals surface area contributed by atoms with E-state index in [1.807, 2.05) is 6.07 Å². The molecule has 1 heterocycles. The lowest BCUT2D eigenvalue weighted by Crippen LogP contribution is -2.44. The summed E-state index contributed by atoms with van der Waals surface area (Å²) in [4.78, 5) is 4.52. The molecule has 1 saturated carbocycles. The molecule has 0 unspecified atom stereocenters. The molecule has 1 aromatic heterocycles. The highest BCUT2D eigenvalue weighted by Crippen LogP contribution is 2.17. The maximum Gasteiger partial charge on any atom is 0.191 e. The highest BCUT2D eigenvalue weighted by atomic mass is 16.5. The summed E-state index contributed by atoms with van der Waals surface area (Å²) < 4.78 is 4.80. The first-order valence-corrected chi connectivity index (χ1v) is 6.82. The molecule has 2 N–H and O–H groups in total. The van der Waals surface area contributed by atoms with E-state index in [1.54, 1.807) is 6.26 Å². The largest absolute Gasteiger partial charge is 0.364 e. The Bertz CT molecular complexity index is 355. The summed E-state index contributed by atoms with van der Waals surface area (Å²) in [5.74, 6) is 0.882. The fourth-order valence-corrected chi connectivity index (χ4v) is 2.24. The number of hydrogen-bond donors (Lipinski definition) is 2. The van der Waals surface area contributed by atoms with Gasteiger partial charge in [0.2, 0.25) is 0 Å². The van der Waals surface area contributed by atoms with Crippen LogP contribution in [0.1, 0.15) is 44.7 Å². The van der Waals surface area contributed by atoms with Gasteiger partial charge >= 0.3 is 0 Å². The van der Waals surface area contributed by atoms with E-state index in [2.05, 4.69) is 27.7 Å². The number of aliphatic imine (C=N–C) groups is 1. The van der Waals surface area contributed by atoms with E-state index >= 15 is 0 Å². The van der Waals surface area contributed by atoms with E-state index in [4.69, 9.17) is 4.52 Å². The van der Waals surface area contributed by atoms with E-state index in [-0.39, 0.29) is 0 Å². The molecule has 1 aromatic rings. The summed E-state index contributed by atoms with van der Waals surface area (Å²) in [5, 5.41) is 10.6. The van der Waals surface area contributed by atoms with Gasteiger partial charge in [-0.3, -0.25) is 0 Å². The molecule has 5 nitrogen and oxygen atoms in total. The Hall–Kier alpha value is -1.52. The lowest BCUT2D eigenvalue weighted by molar-refractivity contribution is 0.408. The van der Waals surface area contributed by atoms with Gasteiger partial charge in [0.25, 0.3) is 0 Å². The van der Waals surface area contributed by atoms with Crippen LogP contribution in [0.3, 0.4) is 0 Å². The summed E-state index contributed by atoms with van der Waals surface area (Å²) in [6, 6.07) is 2.40. The highest BCUT2D eigenvalue weighted by molar-refractivity contribution is 5.80. The molecular weight excluding hydrogens is 228 g/mol. The molecule has 0 spiro atoms. The van der Waals surface area contributed by atoms with E-state index in [0.717, 1.165) is 18.2 Å². The molecule has 1 fully saturated rings. The summed E-state index contributed by atoms with van der Waals surface area (Å²) >= 11 is 0. The molecule has 0 aromatic carbocycles. The van der Waals surface area contributed by atoms with Gasteiger partial charge in [0.15, 0.2) is 5.96 Å². The first kappa shape index (κ1) is 12.9. The van der Waals surface area contributed by atoms with Crippen molar-refractivity contribution in [2.75, 3.05) is 6.54 Å². The van der Waals surface area contributed by atoms with Crippen molar-refractivity contribution >= 4 is 5.96 Å². The lowest BCUT2D eigenvalue weighted by Gasteiger charge is -2.24. The van der Waals surface area contributed by atoms with Gasteiger partial charge in [-0.1, -0.05) is 24.4 Å². The Morgan fingerprint density at radius 2 is 2.28 bits per heavy atom. The van der Waals surface area contributed by atoms with Crippen LogP contribution in [0.15, 0.2) is 21.8 Å². The number of aromatic nitrogens is 1. The Morgan fingerprint density at radius 1 is 1.44 bits per heavy atom. The minimum absolute atomic E-state index is 0.554. The zero-order valence-electron chi connectivity index (χ0n) is 11.0. The molecule has 1 aliphatic rings. The topological polar surface area (TPSA) is 62.5 Å². The third kappa shape index (κ3) is 4.05. The predicted octanol–water partition coefficient (Wildman–Crippen LogP) is 2.06. The Morgan fingerprint density at radius 3 is 2.94 bits per heavy atom. The number of nitrogens with zero attached hydrogens (tertiary/aromatic N) is 2. The summed E-state index contributed by atoms with van der Waals surface area (Å²) in [6.07, 6.45) is 8.07. The van der Waals surface area contributed by atoms with E-state index in [9.17, 15) is 0 Å². The van der Waals surface area contributed by atoms with Gasteiger partial charge in [-0.2, -0.15) is 0 Å². The maximum absolute atomic E-state index is 4.80. The molecule has 0 bridgehead atoms. The van der Waals surface area contributed by atoms with Gasteiger partial charge in [-0.05, 0) is 19.8 Å². The van der Waals surface area contributed by atoms with Gasteiger partial charge in [-0.25, -0.2) is 4.99 Å². The number of hydrogen-bond acceptors (Lipinski definition) is 3. The first-order chi connectivity index (χ1) is 8.88. The Balaban J connectivity index is 1.87. The van der Waals surface area contributed by atoms with Crippen molar-refractivity contribution in [3.8, 4) is 0 Å². The molecule has 0 saturated heterocycles. The first-order valence-electron chi connectivity index (χ1n) is 6.82. The molecule has 18 heavy (non-hydrogen) atoms. The standard InChI is InChI=1S/C13H22N4O/c1-2-14-13(15-10-12-8-9-18-17-12)16-11-6-4-3-5-7-11/h8-9,11H,2-7,10H2,1H3,(H2,14,15,16). The van der Waals surface area contributed by atoms with Crippen molar-refractivity contribution < 1.29 is 4.52 Å². The molecule has 100 valence electrons. The lowest BCUT2D eigenvalue weighted by atomic mass is 9.96. The van der Waals surface area contributed by atoms with Crippen molar-refractivity contribution in [3.05, 3.63) is 18.0 Å². The summed E-state index contributed by atoms with van der Waals surface area (Å²) in [7, 11) is 0. The average molecular weight is 250 g/mol. The zero-order valence-corrected chi connectivity index (χ0v) is 11.0. The van der Waals surface area contributed by atoms with Crippen LogP contribution in [-0.4, -0.2) is 23.7 Å². The van der Waals surface area contributed by atoms with Crippen LogP contribution in [0.5, 0.6) is 0 Å². The van der Waals surface area contributed by atoms with Crippen LogP contribution in [-0.2, 0) is 6.54 Å². The molecule has 0 aliphatic heterocycles. The number of nitrogens with one attached hydrogen (secondary N) is 2. The SMILES string of the molecule is CCNC(=NCc1ccon1)NC1CCCCC1. The minimum atomic E-state index is 0.554. The Kier molecular flexibility index (Phi) is 5.05. The van der Waals surface area contributed by atoms with Gasteiger partial charge in [0, 0.05) is 18.7 Å². The number of rotatable bonds is 4. The van der Waals surface area contributed by atoms with Gasteiger partial charge < -0.3 is 15.2 Å². The van der Waals surface area contributed by atoms with Crippen molar-refractivity contribution in [2.24, 2.45) is 4.99 Å². The van der Waals surface area contributed by atoms with Crippen LogP contribution >= 0.6 is 0 Å². The monoisotopic (exact) mass is 250 g/mol. The van der Waals surface area contributed by atoms with Crippen LogP contribution in [0.25, 0.3) is 0 Å². The van der Waals surface area contributed by atoms with Crippen LogP contribution in [0.2, 0.25) is 0 Å². The zero-order chi connectivity index (χ0) is 12.6. The second-order valence-electron chi connectivity index (χ2n) is 4.67. The van der Waals surface area contributed by atoms with E-state index < -0.39 is 0 Å². The molecule has 2 rings (SSSR count). The predicted molar refractivity (Wildman–Crippen MR) is 71.3 cm³/mol. The van der Waals surface area contributed by atoms with Crippen molar-refractivity contribution in [2.45, 2.75) is 51.6 Å². The van der Waals surface area contributed by atoms with Crippen molar-refractivity contribution in [1.82, 2.24) is 15.8 Å². The quantitative estimate of drug-likeness (QED) is 0.634. The molecule has 5 heteroatoms. The maximum atomic E-state index is 4.80. The van der Waals surface area contributed by atoms with Gasteiger partial charge in [0.1, 0.15) is 12.0 Å². The van der Waals surface area contributed by atoms with E-state index in [1.165, 1.54) is 32.1 Å². The van der Waals surface area contributed by atoms with Crippen LogP contribution in [0.4, 0.5) is 0 Å². The summed E-state index contributed by atoms with van der Waals surface area (Å²) in [5.41, 5.74) is 0.857.